The number of hydrogen-bond acceptors (Lipinski definition) is 7. The molecule has 134 valence electrons. The number of likely N-dealkylation sites (N-methyl/N-ethyl adjacent to an activating group) is 1. The average Bonchev–Trinajstić information content (AvgIpc) is 3.35. The molecular formula is C18H21N7O. The quantitative estimate of drug-likeness (QED) is 0.526. The molecule has 26 heavy (non-hydrogen) atoms. The summed E-state index contributed by atoms with van der Waals surface area (Å²) < 4.78 is 1.79. The second kappa shape index (κ2) is 7.20. The Labute approximate surface area is 150 Å². The van der Waals surface area contributed by atoms with Crippen molar-refractivity contribution in [1.29, 1.82) is 0 Å². The predicted octanol–water partition coefficient (Wildman–Crippen LogP) is 0.875. The van der Waals surface area contributed by atoms with Crippen LogP contribution in [0.15, 0.2) is 47.7 Å². The second-order valence-corrected chi connectivity index (χ2v) is 6.08. The zero-order valence-corrected chi connectivity index (χ0v) is 14.5. The van der Waals surface area contributed by atoms with Gasteiger partial charge in [-0.05, 0) is 24.7 Å². The second-order valence-electron chi connectivity index (χ2n) is 6.08. The van der Waals surface area contributed by atoms with E-state index in [0.29, 0.717) is 13.2 Å². The van der Waals surface area contributed by atoms with E-state index in [1.165, 1.54) is 0 Å². The van der Waals surface area contributed by atoms with E-state index in [4.69, 9.17) is 0 Å². The molecule has 1 aromatic carbocycles. The lowest BCUT2D eigenvalue weighted by molar-refractivity contribution is 0.175. The molecule has 3 heterocycles. The number of fused-ring (bicyclic) bond motifs is 1. The molecule has 0 spiro atoms. The maximum atomic E-state index is 10.2. The summed E-state index contributed by atoms with van der Waals surface area (Å²) in [5.74, 6) is 0.810. The van der Waals surface area contributed by atoms with Crippen molar-refractivity contribution >= 4 is 16.9 Å². The predicted molar refractivity (Wildman–Crippen MR) is 100 cm³/mol. The first-order valence-corrected chi connectivity index (χ1v) is 8.63. The lowest BCUT2D eigenvalue weighted by Crippen LogP contribution is -2.30. The number of rotatable bonds is 6. The van der Waals surface area contributed by atoms with Gasteiger partial charge in [0.15, 0.2) is 5.65 Å². The first-order valence-electron chi connectivity index (χ1n) is 8.63. The lowest BCUT2D eigenvalue weighted by atomic mass is 10.1. The third-order valence-electron chi connectivity index (χ3n) is 4.29. The summed E-state index contributed by atoms with van der Waals surface area (Å²) in [6.07, 6.45) is 2.89. The molecule has 3 aromatic rings. The summed E-state index contributed by atoms with van der Waals surface area (Å²) in [6.45, 7) is 3.89. The highest BCUT2D eigenvalue weighted by atomic mass is 16.3. The third kappa shape index (κ3) is 3.17. The standard InChI is InChI=1S/C18H21N7O/c1-2-19-10-16(26)13-6-14-9-23-25(18(14)20-8-13)15-5-3-4-12(7-15)17-21-11-22-24-17/h3-9,16,19,22,26H,2,10-11H2,1H3,(H,21,24). The van der Waals surface area contributed by atoms with Gasteiger partial charge in [-0.25, -0.2) is 20.1 Å². The number of hydrazine groups is 1. The molecule has 0 saturated heterocycles. The Morgan fingerprint density at radius 3 is 3.04 bits per heavy atom. The molecule has 2 aromatic heterocycles. The Hall–Kier alpha value is -2.81. The van der Waals surface area contributed by atoms with Gasteiger partial charge < -0.3 is 15.8 Å². The fourth-order valence-electron chi connectivity index (χ4n) is 2.94. The minimum Gasteiger partial charge on any atom is -0.387 e. The van der Waals surface area contributed by atoms with Crippen LogP contribution in [-0.4, -0.2) is 45.5 Å². The van der Waals surface area contributed by atoms with Crippen molar-refractivity contribution in [3.8, 4) is 5.69 Å². The van der Waals surface area contributed by atoms with E-state index in [1.807, 2.05) is 37.3 Å². The van der Waals surface area contributed by atoms with E-state index in [1.54, 1.807) is 17.1 Å². The molecule has 4 N–H and O–H groups in total. The highest BCUT2D eigenvalue weighted by Crippen LogP contribution is 2.21. The van der Waals surface area contributed by atoms with Gasteiger partial charge in [0, 0.05) is 29.3 Å². The Morgan fingerprint density at radius 1 is 1.31 bits per heavy atom. The van der Waals surface area contributed by atoms with Crippen molar-refractivity contribution in [3.05, 3.63) is 53.9 Å². The van der Waals surface area contributed by atoms with Crippen LogP contribution in [0, 0.1) is 0 Å². The molecule has 0 radical (unpaired) electrons. The van der Waals surface area contributed by atoms with E-state index in [-0.39, 0.29) is 0 Å². The number of nitrogens with zero attached hydrogens (tertiary/aromatic N) is 4. The molecule has 1 unspecified atom stereocenters. The van der Waals surface area contributed by atoms with Crippen molar-refractivity contribution in [1.82, 2.24) is 30.9 Å². The summed E-state index contributed by atoms with van der Waals surface area (Å²) in [5, 5.41) is 18.7. The summed E-state index contributed by atoms with van der Waals surface area (Å²) in [7, 11) is 0. The summed E-state index contributed by atoms with van der Waals surface area (Å²) in [5.41, 5.74) is 9.43. The van der Waals surface area contributed by atoms with E-state index in [0.717, 1.165) is 40.2 Å². The number of benzene rings is 1. The van der Waals surface area contributed by atoms with Crippen molar-refractivity contribution in [2.75, 3.05) is 19.8 Å². The van der Waals surface area contributed by atoms with Crippen LogP contribution in [0.4, 0.5) is 0 Å². The average molecular weight is 351 g/mol. The molecule has 1 aliphatic heterocycles. The van der Waals surface area contributed by atoms with Crippen LogP contribution in [-0.2, 0) is 0 Å². The van der Waals surface area contributed by atoms with Crippen LogP contribution in [0.2, 0.25) is 0 Å². The molecule has 0 aliphatic carbocycles. The zero-order valence-electron chi connectivity index (χ0n) is 14.5. The number of hydrogen-bond donors (Lipinski definition) is 4. The summed E-state index contributed by atoms with van der Waals surface area (Å²) in [6, 6.07) is 9.89. The van der Waals surface area contributed by atoms with Gasteiger partial charge >= 0.3 is 0 Å². The number of amidine groups is 1. The lowest BCUT2D eigenvalue weighted by Gasteiger charge is -2.11. The van der Waals surface area contributed by atoms with Crippen LogP contribution >= 0.6 is 0 Å². The highest BCUT2D eigenvalue weighted by Gasteiger charge is 2.13. The van der Waals surface area contributed by atoms with Crippen molar-refractivity contribution in [2.45, 2.75) is 13.0 Å². The maximum absolute atomic E-state index is 10.2. The topological polar surface area (TPSA) is 99.4 Å². The molecule has 0 saturated carbocycles. The van der Waals surface area contributed by atoms with E-state index >= 15 is 0 Å². The molecule has 8 heteroatoms. The Bertz CT molecular complexity index is 950. The first-order chi connectivity index (χ1) is 12.8. The number of aliphatic hydroxyl groups excluding tert-OH is 1. The largest absolute Gasteiger partial charge is 0.387 e. The molecule has 1 atom stereocenters. The molecule has 1 aliphatic rings. The number of aliphatic imine (C=N–C) groups is 1. The number of pyridine rings is 1. The first kappa shape index (κ1) is 16.6. The highest BCUT2D eigenvalue weighted by molar-refractivity contribution is 5.99. The summed E-state index contributed by atoms with van der Waals surface area (Å²) in [4.78, 5) is 8.89. The van der Waals surface area contributed by atoms with Crippen LogP contribution in [0.1, 0.15) is 24.2 Å². The Kier molecular flexibility index (Phi) is 4.61. The third-order valence-corrected chi connectivity index (χ3v) is 4.29. The fraction of sp³-hybridized carbons (Fsp3) is 0.278. The minimum atomic E-state index is -0.586. The Morgan fingerprint density at radius 2 is 2.23 bits per heavy atom. The van der Waals surface area contributed by atoms with Gasteiger partial charge in [0.2, 0.25) is 0 Å². The number of aliphatic hydroxyl groups is 1. The SMILES string of the molecule is CCNCC(O)c1cnc2c(cnn2-c2cccc(C3=NCNN3)c2)c1. The van der Waals surface area contributed by atoms with Gasteiger partial charge in [-0.3, -0.25) is 0 Å². The van der Waals surface area contributed by atoms with Gasteiger partial charge in [-0.15, -0.1) is 0 Å². The zero-order chi connectivity index (χ0) is 17.9. The normalized spacial score (nSPS) is 15.1. The summed E-state index contributed by atoms with van der Waals surface area (Å²) >= 11 is 0. The maximum Gasteiger partial charge on any atom is 0.162 e. The van der Waals surface area contributed by atoms with Gasteiger partial charge in [-0.2, -0.15) is 5.10 Å². The molecule has 0 bridgehead atoms. The molecule has 4 rings (SSSR count). The van der Waals surface area contributed by atoms with Gasteiger partial charge in [0.25, 0.3) is 0 Å². The van der Waals surface area contributed by atoms with Crippen LogP contribution < -0.4 is 16.2 Å². The van der Waals surface area contributed by atoms with Crippen LogP contribution in [0.25, 0.3) is 16.7 Å². The van der Waals surface area contributed by atoms with E-state index < -0.39 is 6.10 Å². The van der Waals surface area contributed by atoms with Gasteiger partial charge in [-0.1, -0.05) is 19.1 Å². The van der Waals surface area contributed by atoms with Crippen LogP contribution in [0.5, 0.6) is 0 Å². The van der Waals surface area contributed by atoms with Gasteiger partial charge in [0.05, 0.1) is 18.0 Å². The van der Waals surface area contributed by atoms with Crippen molar-refractivity contribution in [2.24, 2.45) is 4.99 Å². The number of nitrogens with one attached hydrogen (secondary N) is 3. The molecular weight excluding hydrogens is 330 g/mol. The van der Waals surface area contributed by atoms with Crippen molar-refractivity contribution in [3.63, 3.8) is 0 Å². The molecule has 8 nitrogen and oxygen atoms in total. The van der Waals surface area contributed by atoms with Crippen LogP contribution in [0.3, 0.4) is 0 Å². The fourth-order valence-corrected chi connectivity index (χ4v) is 2.94. The van der Waals surface area contributed by atoms with E-state index in [9.17, 15) is 5.11 Å². The molecule has 0 fully saturated rings. The minimum absolute atomic E-state index is 0.503. The monoisotopic (exact) mass is 351 g/mol. The number of aromatic nitrogens is 3. The van der Waals surface area contributed by atoms with Crippen molar-refractivity contribution < 1.29 is 5.11 Å². The Balaban J connectivity index is 1.66. The smallest absolute Gasteiger partial charge is 0.162 e. The van der Waals surface area contributed by atoms with E-state index in [2.05, 4.69) is 31.2 Å². The van der Waals surface area contributed by atoms with Gasteiger partial charge in [0.1, 0.15) is 12.5 Å². The molecule has 0 amide bonds.